The molecule has 14 nitrogen and oxygen atoms in total. The molecule has 0 aliphatic heterocycles. The highest BCUT2D eigenvalue weighted by Crippen LogP contribution is 2.30. The zero-order chi connectivity index (χ0) is 34.0. The van der Waals surface area contributed by atoms with Crippen LogP contribution < -0.4 is 24.3 Å². The van der Waals surface area contributed by atoms with Crippen LogP contribution in [0.2, 0.25) is 0 Å². The first kappa shape index (κ1) is 34.6. The van der Waals surface area contributed by atoms with Gasteiger partial charge in [0, 0.05) is 19.5 Å². The molecule has 0 aliphatic carbocycles. The van der Waals surface area contributed by atoms with Gasteiger partial charge in [-0.3, -0.25) is 14.4 Å². The Kier molecular flexibility index (Phi) is 11.8. The fourth-order valence-electron chi connectivity index (χ4n) is 4.08. The number of aliphatic carboxylic acids is 1. The number of carboxylic acid groups (broad SMARTS) is 1. The number of methoxy groups -OCH3 is 2. The first-order chi connectivity index (χ1) is 21.9. The second kappa shape index (κ2) is 15.7. The van der Waals surface area contributed by atoms with Crippen molar-refractivity contribution in [2.75, 3.05) is 19.5 Å². The monoisotopic (exact) mass is 637 g/mol. The zero-order valence-electron chi connectivity index (χ0n) is 25.5. The predicted molar refractivity (Wildman–Crippen MR) is 159 cm³/mol. The van der Waals surface area contributed by atoms with Gasteiger partial charge in [-0.25, -0.2) is 14.4 Å². The third kappa shape index (κ3) is 8.81. The third-order valence-electron chi connectivity index (χ3n) is 6.21. The molecule has 0 aromatic heterocycles. The van der Waals surface area contributed by atoms with Gasteiger partial charge in [-0.1, -0.05) is 25.1 Å². The van der Waals surface area contributed by atoms with Crippen LogP contribution in [0.25, 0.3) is 0 Å². The topological polar surface area (TPSA) is 190 Å². The van der Waals surface area contributed by atoms with E-state index < -0.39 is 48.0 Å². The van der Waals surface area contributed by atoms with Crippen molar-refractivity contribution < 1.29 is 62.3 Å². The van der Waals surface area contributed by atoms with Gasteiger partial charge < -0.3 is 38.8 Å². The molecule has 0 saturated carbocycles. The Balaban J connectivity index is 1.99. The second-order valence-corrected chi connectivity index (χ2v) is 9.41. The molecule has 0 fully saturated rings. The van der Waals surface area contributed by atoms with Gasteiger partial charge in [-0.15, -0.1) is 0 Å². The van der Waals surface area contributed by atoms with Crippen LogP contribution in [0, 0.1) is 0 Å². The summed E-state index contributed by atoms with van der Waals surface area (Å²) >= 11 is 0. The molecule has 2 atom stereocenters. The summed E-state index contributed by atoms with van der Waals surface area (Å²) in [5, 5.41) is 12.6. The molecule has 14 heteroatoms. The maximum atomic E-state index is 13.6. The van der Waals surface area contributed by atoms with Crippen molar-refractivity contribution in [1.29, 1.82) is 0 Å². The van der Waals surface area contributed by atoms with Crippen LogP contribution in [-0.4, -0.2) is 67.3 Å². The summed E-state index contributed by atoms with van der Waals surface area (Å²) in [6.45, 7) is 4.16. The normalized spacial score (nSPS) is 11.7. The lowest BCUT2D eigenvalue weighted by Gasteiger charge is -2.24. The summed E-state index contributed by atoms with van der Waals surface area (Å²) in [6.07, 6.45) is -4.05. The SMILES string of the molecule is CCc1ccccc1NC(=O)[C@@H](OC(=O)c1ccc(OC(C)=O)c(OC)c1)[C@H](OC(=O)c1ccc(OC(C)=O)c(OC)c1)C(=O)O. The van der Waals surface area contributed by atoms with Crippen molar-refractivity contribution in [2.45, 2.75) is 39.4 Å². The minimum Gasteiger partial charge on any atom is -0.493 e. The molecule has 1 amide bonds. The largest absolute Gasteiger partial charge is 0.493 e. The minimum absolute atomic E-state index is 0.00972. The molecule has 0 saturated heterocycles. The van der Waals surface area contributed by atoms with Crippen molar-refractivity contribution in [3.05, 3.63) is 77.4 Å². The number of hydrogen-bond donors (Lipinski definition) is 2. The van der Waals surface area contributed by atoms with Gasteiger partial charge in [0.05, 0.1) is 25.3 Å². The Morgan fingerprint density at radius 1 is 0.696 bits per heavy atom. The molecule has 3 aromatic carbocycles. The van der Waals surface area contributed by atoms with Gasteiger partial charge in [-0.05, 0) is 54.4 Å². The maximum Gasteiger partial charge on any atom is 0.349 e. The van der Waals surface area contributed by atoms with Crippen LogP contribution in [0.15, 0.2) is 60.7 Å². The Morgan fingerprint density at radius 2 is 1.17 bits per heavy atom. The predicted octanol–water partition coefficient (Wildman–Crippen LogP) is 3.59. The molecule has 46 heavy (non-hydrogen) atoms. The lowest BCUT2D eigenvalue weighted by Crippen LogP contribution is -2.48. The van der Waals surface area contributed by atoms with Crippen LogP contribution in [0.4, 0.5) is 5.69 Å². The van der Waals surface area contributed by atoms with E-state index in [0.29, 0.717) is 17.7 Å². The molecule has 242 valence electrons. The standard InChI is InChI=1S/C32H31NO13/c1-6-19-9-7-8-10-22(19)33-29(36)27(45-31(39)20-11-13-23(43-17(2)34)25(15-20)41-4)28(30(37)38)46-32(40)21-12-14-24(44-18(3)35)26(16-21)42-5/h7-16,27-28H,6H2,1-5H3,(H,33,36)(H,37,38)/t27-,28-/m0/s1. The van der Waals surface area contributed by atoms with Crippen molar-refractivity contribution in [3.63, 3.8) is 0 Å². The van der Waals surface area contributed by atoms with Gasteiger partial charge in [-0.2, -0.15) is 0 Å². The molecular formula is C32H31NO13. The lowest BCUT2D eigenvalue weighted by atomic mass is 10.1. The second-order valence-electron chi connectivity index (χ2n) is 9.41. The molecule has 0 heterocycles. The Hall–Kier alpha value is -5.92. The van der Waals surface area contributed by atoms with Gasteiger partial charge >= 0.3 is 29.8 Å². The quantitative estimate of drug-likeness (QED) is 0.204. The average Bonchev–Trinajstić information content (AvgIpc) is 3.02. The number of para-hydroxylation sites is 1. The van der Waals surface area contributed by atoms with E-state index in [1.54, 1.807) is 24.3 Å². The molecular weight excluding hydrogens is 606 g/mol. The molecule has 0 spiro atoms. The number of esters is 4. The summed E-state index contributed by atoms with van der Waals surface area (Å²) in [5.41, 5.74) is 0.563. The summed E-state index contributed by atoms with van der Waals surface area (Å²) in [4.78, 5) is 75.2. The minimum atomic E-state index is -2.34. The van der Waals surface area contributed by atoms with Crippen LogP contribution in [-0.2, 0) is 35.1 Å². The van der Waals surface area contributed by atoms with E-state index in [9.17, 15) is 33.9 Å². The molecule has 2 N–H and O–H groups in total. The first-order valence-electron chi connectivity index (χ1n) is 13.6. The number of carboxylic acids is 1. The van der Waals surface area contributed by atoms with Gasteiger partial charge in [0.25, 0.3) is 5.91 Å². The number of amides is 1. The Labute approximate surface area is 263 Å². The van der Waals surface area contributed by atoms with Gasteiger partial charge in [0.2, 0.25) is 12.2 Å². The number of aryl methyl sites for hydroxylation is 1. The van der Waals surface area contributed by atoms with Crippen LogP contribution in [0.5, 0.6) is 23.0 Å². The highest BCUT2D eigenvalue weighted by Gasteiger charge is 2.41. The first-order valence-corrected chi connectivity index (χ1v) is 13.6. The number of ether oxygens (including phenoxy) is 6. The average molecular weight is 638 g/mol. The molecule has 0 aliphatic rings. The van der Waals surface area contributed by atoms with E-state index in [4.69, 9.17) is 28.4 Å². The molecule has 0 bridgehead atoms. The fourth-order valence-corrected chi connectivity index (χ4v) is 4.08. The number of anilines is 1. The van der Waals surface area contributed by atoms with E-state index in [0.717, 1.165) is 19.1 Å². The summed E-state index contributed by atoms with van der Waals surface area (Å²) < 4.78 is 30.9. The maximum absolute atomic E-state index is 13.6. The molecule has 0 unspecified atom stereocenters. The van der Waals surface area contributed by atoms with Gasteiger partial charge in [0.15, 0.2) is 23.0 Å². The van der Waals surface area contributed by atoms with Crippen molar-refractivity contribution in [3.8, 4) is 23.0 Å². The fraction of sp³-hybridized carbons (Fsp3) is 0.250. The highest BCUT2D eigenvalue weighted by atomic mass is 16.6. The van der Waals surface area contributed by atoms with Crippen LogP contribution >= 0.6 is 0 Å². The number of carbonyl (C=O) groups excluding carboxylic acids is 5. The number of benzene rings is 3. The third-order valence-corrected chi connectivity index (χ3v) is 6.21. The van der Waals surface area contributed by atoms with E-state index >= 15 is 0 Å². The smallest absolute Gasteiger partial charge is 0.349 e. The summed E-state index contributed by atoms with van der Waals surface area (Å²) in [7, 11) is 2.51. The van der Waals surface area contributed by atoms with Crippen molar-refractivity contribution in [2.24, 2.45) is 0 Å². The van der Waals surface area contributed by atoms with E-state index in [-0.39, 0.29) is 34.1 Å². The van der Waals surface area contributed by atoms with Crippen LogP contribution in [0.1, 0.15) is 47.1 Å². The van der Waals surface area contributed by atoms with Gasteiger partial charge in [0.1, 0.15) is 0 Å². The number of hydrogen-bond acceptors (Lipinski definition) is 12. The summed E-state index contributed by atoms with van der Waals surface area (Å²) in [6, 6.07) is 13.8. The van der Waals surface area contributed by atoms with E-state index in [2.05, 4.69) is 5.32 Å². The number of rotatable bonds is 13. The lowest BCUT2D eigenvalue weighted by molar-refractivity contribution is -0.157. The van der Waals surface area contributed by atoms with E-state index in [1.165, 1.54) is 45.4 Å². The Morgan fingerprint density at radius 3 is 1.61 bits per heavy atom. The van der Waals surface area contributed by atoms with Crippen molar-refractivity contribution >= 4 is 41.4 Å². The van der Waals surface area contributed by atoms with Crippen molar-refractivity contribution in [1.82, 2.24) is 0 Å². The number of carbonyl (C=O) groups is 6. The molecule has 0 radical (unpaired) electrons. The van der Waals surface area contributed by atoms with E-state index in [1.807, 2.05) is 6.92 Å². The Bertz CT molecular complexity index is 1650. The zero-order valence-corrected chi connectivity index (χ0v) is 25.5. The number of nitrogens with one attached hydrogen (secondary N) is 1. The van der Waals surface area contributed by atoms with Crippen LogP contribution in [0.3, 0.4) is 0 Å². The molecule has 3 aromatic rings. The molecule has 3 rings (SSSR count). The highest BCUT2D eigenvalue weighted by molar-refractivity contribution is 6.02. The summed E-state index contributed by atoms with van der Waals surface area (Å²) in [5.74, 6) is -6.74.